The van der Waals surface area contributed by atoms with Gasteiger partial charge in [-0.1, -0.05) is 12.1 Å². The van der Waals surface area contributed by atoms with Gasteiger partial charge in [0.25, 0.3) is 5.91 Å². The van der Waals surface area contributed by atoms with Crippen LogP contribution in [0.1, 0.15) is 11.1 Å². The molecule has 7 heteroatoms. The van der Waals surface area contributed by atoms with Crippen molar-refractivity contribution in [2.75, 3.05) is 42.1 Å². The van der Waals surface area contributed by atoms with Crippen LogP contribution in [0.5, 0.6) is 0 Å². The number of nitriles is 1. The van der Waals surface area contributed by atoms with Gasteiger partial charge in [0.1, 0.15) is 11.6 Å². The Balaban J connectivity index is 0.00000300. The summed E-state index contributed by atoms with van der Waals surface area (Å²) in [5.41, 5.74) is 10.8. The molecule has 2 aromatic carbocycles. The van der Waals surface area contributed by atoms with Crippen molar-refractivity contribution in [2.24, 2.45) is 0 Å². The summed E-state index contributed by atoms with van der Waals surface area (Å²) in [7, 11) is 0. The van der Waals surface area contributed by atoms with Gasteiger partial charge in [0, 0.05) is 49.4 Å². The summed E-state index contributed by atoms with van der Waals surface area (Å²) in [6.07, 6.45) is 1.66. The Kier molecular flexibility index (Phi) is 7.52. The van der Waals surface area contributed by atoms with Crippen LogP contribution in [-0.4, -0.2) is 37.0 Å². The molecule has 6 nitrogen and oxygen atoms in total. The van der Waals surface area contributed by atoms with E-state index in [-0.39, 0.29) is 18.0 Å². The number of amides is 1. The average Bonchev–Trinajstić information content (AvgIpc) is 2.70. The van der Waals surface area contributed by atoms with Crippen molar-refractivity contribution in [2.45, 2.75) is 13.8 Å². The highest BCUT2D eigenvalue weighted by atomic mass is 35.5. The predicted octanol–water partition coefficient (Wildman–Crippen LogP) is 3.48. The summed E-state index contributed by atoms with van der Waals surface area (Å²) in [4.78, 5) is 16.8. The number of hydrogen-bond acceptors (Lipinski definition) is 5. The molecule has 0 bridgehead atoms. The molecule has 1 heterocycles. The third-order valence-corrected chi connectivity index (χ3v) is 5.08. The minimum Gasteiger partial charge on any atom is -0.399 e. The molecule has 0 saturated carbocycles. The van der Waals surface area contributed by atoms with E-state index >= 15 is 0 Å². The van der Waals surface area contributed by atoms with Crippen LogP contribution < -0.4 is 16.0 Å². The third-order valence-electron chi connectivity index (χ3n) is 5.08. The van der Waals surface area contributed by atoms with E-state index in [0.717, 1.165) is 26.2 Å². The van der Waals surface area contributed by atoms with Crippen LogP contribution in [0.2, 0.25) is 0 Å². The predicted molar refractivity (Wildman–Crippen MR) is 120 cm³/mol. The number of nitrogens with zero attached hydrogens (tertiary/aromatic N) is 3. The van der Waals surface area contributed by atoms with Crippen molar-refractivity contribution in [3.05, 3.63) is 65.4 Å². The van der Waals surface area contributed by atoms with E-state index in [1.807, 2.05) is 11.0 Å². The van der Waals surface area contributed by atoms with Gasteiger partial charge in [-0.2, -0.15) is 5.26 Å². The van der Waals surface area contributed by atoms with Gasteiger partial charge in [0.05, 0.1) is 0 Å². The number of piperazine rings is 1. The van der Waals surface area contributed by atoms with Gasteiger partial charge in [0.15, 0.2) is 0 Å². The number of carbonyl (C=O) groups is 1. The quantitative estimate of drug-likeness (QED) is 0.457. The second-order valence-corrected chi connectivity index (χ2v) is 6.97. The molecule has 1 aliphatic heterocycles. The number of hydrogen-bond donors (Lipinski definition) is 2. The lowest BCUT2D eigenvalue weighted by Crippen LogP contribution is -2.44. The Morgan fingerprint density at radius 3 is 2.38 bits per heavy atom. The third kappa shape index (κ3) is 5.43. The minimum absolute atomic E-state index is 0. The Labute approximate surface area is 178 Å². The number of nitrogens with two attached hydrogens (primary N) is 1. The van der Waals surface area contributed by atoms with Gasteiger partial charge in [-0.05, 0) is 55.3 Å². The van der Waals surface area contributed by atoms with Gasteiger partial charge in [0.2, 0.25) is 0 Å². The topological polar surface area (TPSA) is 85.4 Å². The Morgan fingerprint density at radius 2 is 1.76 bits per heavy atom. The molecular formula is C22H26ClN5O. The average molecular weight is 412 g/mol. The molecule has 1 aliphatic rings. The Hall–Kier alpha value is -3.17. The van der Waals surface area contributed by atoms with Gasteiger partial charge in [-0.15, -0.1) is 12.4 Å². The van der Waals surface area contributed by atoms with Crippen LogP contribution >= 0.6 is 12.4 Å². The van der Waals surface area contributed by atoms with Gasteiger partial charge in [-0.25, -0.2) is 0 Å². The number of carbonyl (C=O) groups excluding carboxylic acids is 1. The van der Waals surface area contributed by atoms with Crippen LogP contribution in [0, 0.1) is 25.2 Å². The first-order chi connectivity index (χ1) is 13.5. The van der Waals surface area contributed by atoms with Crippen molar-refractivity contribution in [3.63, 3.8) is 0 Å². The molecular weight excluding hydrogens is 386 g/mol. The normalized spacial score (nSPS) is 14.0. The summed E-state index contributed by atoms with van der Waals surface area (Å²) >= 11 is 0. The molecule has 1 saturated heterocycles. The number of rotatable bonds is 4. The monoisotopic (exact) mass is 411 g/mol. The minimum atomic E-state index is -0.413. The molecule has 2 aromatic rings. The first-order valence-corrected chi connectivity index (χ1v) is 9.32. The van der Waals surface area contributed by atoms with Crippen LogP contribution in [0.15, 0.2) is 54.2 Å². The summed E-state index contributed by atoms with van der Waals surface area (Å²) in [5.74, 6) is -0.413. The zero-order valence-corrected chi connectivity index (χ0v) is 17.5. The van der Waals surface area contributed by atoms with Crippen LogP contribution in [0.4, 0.5) is 17.1 Å². The number of aryl methyl sites for hydroxylation is 1. The molecule has 0 aromatic heterocycles. The molecule has 0 aliphatic carbocycles. The van der Waals surface area contributed by atoms with E-state index in [1.54, 1.807) is 30.5 Å². The van der Waals surface area contributed by atoms with Crippen LogP contribution in [0.3, 0.4) is 0 Å². The number of nitrogens with one attached hydrogen (secondary N) is 1. The maximum atomic E-state index is 12.4. The first-order valence-electron chi connectivity index (χ1n) is 9.32. The fraction of sp³-hybridized carbons (Fsp3) is 0.273. The maximum absolute atomic E-state index is 12.4. The standard InChI is InChI=1S/C22H25N5O.ClH/c1-16-4-3-5-21(17(16)2)27-12-10-26(11-13-27)15-18(14-23)22(28)25-20-8-6-19(24)7-9-20;/h3-9,15H,10-13,24H2,1-2H3,(H,25,28);1H/b18-15-;. The molecule has 0 atom stereocenters. The Morgan fingerprint density at radius 1 is 1.10 bits per heavy atom. The van der Waals surface area contributed by atoms with Crippen molar-refractivity contribution >= 4 is 35.4 Å². The summed E-state index contributed by atoms with van der Waals surface area (Å²) in [6, 6.07) is 15.2. The van der Waals surface area contributed by atoms with Crippen molar-refractivity contribution < 1.29 is 4.79 Å². The van der Waals surface area contributed by atoms with E-state index in [4.69, 9.17) is 5.73 Å². The first kappa shape index (κ1) is 22.1. The second-order valence-electron chi connectivity index (χ2n) is 6.97. The highest BCUT2D eigenvalue weighted by Crippen LogP contribution is 2.24. The van der Waals surface area contributed by atoms with E-state index in [9.17, 15) is 10.1 Å². The van der Waals surface area contributed by atoms with Crippen LogP contribution in [0.25, 0.3) is 0 Å². The van der Waals surface area contributed by atoms with Crippen molar-refractivity contribution in [3.8, 4) is 6.07 Å². The van der Waals surface area contributed by atoms with Gasteiger partial charge in [-0.3, -0.25) is 4.79 Å². The van der Waals surface area contributed by atoms with Crippen molar-refractivity contribution in [1.82, 2.24) is 4.90 Å². The highest BCUT2D eigenvalue weighted by Gasteiger charge is 2.19. The molecule has 0 radical (unpaired) electrons. The van der Waals surface area contributed by atoms with Crippen molar-refractivity contribution in [1.29, 1.82) is 5.26 Å². The zero-order chi connectivity index (χ0) is 20.1. The lowest BCUT2D eigenvalue weighted by Gasteiger charge is -2.36. The smallest absolute Gasteiger partial charge is 0.267 e. The molecule has 3 rings (SSSR count). The van der Waals surface area contributed by atoms with E-state index < -0.39 is 5.91 Å². The molecule has 0 unspecified atom stereocenters. The molecule has 3 N–H and O–H groups in total. The number of anilines is 3. The molecule has 1 fully saturated rings. The summed E-state index contributed by atoms with van der Waals surface area (Å²) < 4.78 is 0. The SMILES string of the molecule is Cc1cccc(N2CCN(/C=C(/C#N)C(=O)Nc3ccc(N)cc3)CC2)c1C.Cl. The molecule has 152 valence electrons. The van der Waals surface area contributed by atoms with E-state index in [2.05, 4.69) is 42.3 Å². The highest BCUT2D eigenvalue weighted by molar-refractivity contribution is 6.06. The van der Waals surface area contributed by atoms with Gasteiger partial charge >= 0.3 is 0 Å². The van der Waals surface area contributed by atoms with Crippen LogP contribution in [-0.2, 0) is 4.79 Å². The van der Waals surface area contributed by atoms with E-state index in [0.29, 0.717) is 11.4 Å². The van der Waals surface area contributed by atoms with Gasteiger partial charge < -0.3 is 20.9 Å². The fourth-order valence-corrected chi connectivity index (χ4v) is 3.26. The number of nitrogen functional groups attached to an aromatic ring is 1. The largest absolute Gasteiger partial charge is 0.399 e. The number of halogens is 1. The lowest BCUT2D eigenvalue weighted by atomic mass is 10.1. The summed E-state index contributed by atoms with van der Waals surface area (Å²) in [5, 5.41) is 12.1. The Bertz CT molecular complexity index is 925. The zero-order valence-electron chi connectivity index (χ0n) is 16.7. The van der Waals surface area contributed by atoms with E-state index in [1.165, 1.54) is 16.8 Å². The fourth-order valence-electron chi connectivity index (χ4n) is 3.26. The maximum Gasteiger partial charge on any atom is 0.267 e. The molecule has 29 heavy (non-hydrogen) atoms. The lowest BCUT2D eigenvalue weighted by molar-refractivity contribution is -0.112. The summed E-state index contributed by atoms with van der Waals surface area (Å²) in [6.45, 7) is 7.47. The molecule has 1 amide bonds. The molecule has 0 spiro atoms. The number of benzene rings is 2. The second kappa shape index (κ2) is 9.85.